The molecule has 1 atom stereocenters. The normalized spacial score (nSPS) is 11.6. The van der Waals surface area contributed by atoms with Gasteiger partial charge in [-0.15, -0.1) is 11.3 Å². The summed E-state index contributed by atoms with van der Waals surface area (Å²) in [5, 5.41) is 24.2. The standard InChI is InChI=1S/C24H20N4O2S/c25-19(17-9-6-12-26-14-17)13-20(18-10-4-5-11-22(18)29)27-23(30)21-15-31-24(28-21)16-7-2-1-3-8-16/h1-12,14-15,20,25,29H,13H2,(H,27,30). The van der Waals surface area contributed by atoms with Crippen molar-refractivity contribution in [2.24, 2.45) is 0 Å². The van der Waals surface area contributed by atoms with Crippen LogP contribution in [0.3, 0.4) is 0 Å². The number of aromatic nitrogens is 2. The lowest BCUT2D eigenvalue weighted by Crippen LogP contribution is -2.30. The van der Waals surface area contributed by atoms with Gasteiger partial charge in [0.05, 0.1) is 6.04 Å². The van der Waals surface area contributed by atoms with E-state index >= 15 is 0 Å². The first-order valence-corrected chi connectivity index (χ1v) is 10.6. The van der Waals surface area contributed by atoms with Crippen molar-refractivity contribution in [2.45, 2.75) is 12.5 Å². The Kier molecular flexibility index (Phi) is 6.14. The highest BCUT2D eigenvalue weighted by molar-refractivity contribution is 7.13. The van der Waals surface area contributed by atoms with Crippen molar-refractivity contribution in [3.05, 3.63) is 101 Å². The number of para-hydroxylation sites is 1. The Bertz CT molecular complexity index is 1190. The first-order valence-electron chi connectivity index (χ1n) is 9.69. The Morgan fingerprint density at radius 2 is 1.84 bits per heavy atom. The molecule has 0 radical (unpaired) electrons. The molecule has 0 spiro atoms. The van der Waals surface area contributed by atoms with Crippen molar-refractivity contribution in [1.29, 1.82) is 5.41 Å². The van der Waals surface area contributed by atoms with E-state index in [4.69, 9.17) is 5.41 Å². The molecule has 0 aliphatic carbocycles. The molecule has 0 fully saturated rings. The number of thiazole rings is 1. The topological polar surface area (TPSA) is 99.0 Å². The second-order valence-electron chi connectivity index (χ2n) is 6.91. The molecule has 1 unspecified atom stereocenters. The van der Waals surface area contributed by atoms with Crippen LogP contribution in [0, 0.1) is 5.41 Å². The number of amides is 1. The highest BCUT2D eigenvalue weighted by Gasteiger charge is 2.22. The predicted molar refractivity (Wildman–Crippen MR) is 122 cm³/mol. The van der Waals surface area contributed by atoms with Crippen molar-refractivity contribution < 1.29 is 9.90 Å². The van der Waals surface area contributed by atoms with Gasteiger partial charge in [0.15, 0.2) is 0 Å². The maximum absolute atomic E-state index is 13.0. The molecule has 0 saturated heterocycles. The van der Waals surface area contributed by atoms with Crippen LogP contribution in [0.4, 0.5) is 0 Å². The Hall–Kier alpha value is -3.84. The van der Waals surface area contributed by atoms with Gasteiger partial charge in [-0.3, -0.25) is 9.78 Å². The second kappa shape index (κ2) is 9.32. The third-order valence-electron chi connectivity index (χ3n) is 4.79. The zero-order chi connectivity index (χ0) is 21.6. The fourth-order valence-corrected chi connectivity index (χ4v) is 4.01. The van der Waals surface area contributed by atoms with Crippen molar-refractivity contribution in [3.8, 4) is 16.3 Å². The number of nitrogens with zero attached hydrogens (tertiary/aromatic N) is 2. The third-order valence-corrected chi connectivity index (χ3v) is 5.68. The maximum Gasteiger partial charge on any atom is 0.271 e. The van der Waals surface area contributed by atoms with Gasteiger partial charge >= 0.3 is 0 Å². The fraction of sp³-hybridized carbons (Fsp3) is 0.0833. The highest BCUT2D eigenvalue weighted by Crippen LogP contribution is 2.28. The monoisotopic (exact) mass is 428 g/mol. The number of pyridine rings is 1. The van der Waals surface area contributed by atoms with Gasteiger partial charge in [-0.2, -0.15) is 0 Å². The van der Waals surface area contributed by atoms with Crippen LogP contribution in [0.5, 0.6) is 5.75 Å². The number of rotatable bonds is 7. The lowest BCUT2D eigenvalue weighted by molar-refractivity contribution is 0.0933. The van der Waals surface area contributed by atoms with E-state index in [-0.39, 0.29) is 18.1 Å². The van der Waals surface area contributed by atoms with Crippen LogP contribution in [-0.4, -0.2) is 26.7 Å². The number of benzene rings is 2. The van der Waals surface area contributed by atoms with Crippen LogP contribution in [0.2, 0.25) is 0 Å². The molecule has 0 aliphatic heterocycles. The largest absolute Gasteiger partial charge is 0.508 e. The van der Waals surface area contributed by atoms with E-state index in [0.717, 1.165) is 10.6 Å². The van der Waals surface area contributed by atoms with E-state index in [1.165, 1.54) is 11.3 Å². The fourth-order valence-electron chi connectivity index (χ4n) is 3.21. The van der Waals surface area contributed by atoms with Crippen molar-refractivity contribution in [3.63, 3.8) is 0 Å². The number of nitrogens with one attached hydrogen (secondary N) is 2. The molecule has 6 nitrogen and oxygen atoms in total. The Balaban J connectivity index is 1.57. The minimum Gasteiger partial charge on any atom is -0.508 e. The minimum atomic E-state index is -0.594. The molecule has 4 aromatic rings. The van der Waals surface area contributed by atoms with E-state index in [0.29, 0.717) is 22.5 Å². The van der Waals surface area contributed by atoms with E-state index < -0.39 is 6.04 Å². The first-order chi connectivity index (χ1) is 15.1. The van der Waals surface area contributed by atoms with Crippen molar-refractivity contribution in [1.82, 2.24) is 15.3 Å². The summed E-state index contributed by atoms with van der Waals surface area (Å²) < 4.78 is 0. The summed E-state index contributed by atoms with van der Waals surface area (Å²) in [5.41, 5.74) is 2.77. The Labute approximate surface area is 183 Å². The average Bonchev–Trinajstić information content (AvgIpc) is 3.31. The van der Waals surface area contributed by atoms with E-state index in [9.17, 15) is 9.90 Å². The molecule has 0 aliphatic rings. The SMILES string of the molecule is N=C(CC(NC(=O)c1csc(-c2ccccc2)n1)c1ccccc1O)c1cccnc1. The van der Waals surface area contributed by atoms with Gasteiger partial charge in [-0.05, 0) is 12.1 Å². The van der Waals surface area contributed by atoms with Gasteiger partial charge in [-0.1, -0.05) is 54.6 Å². The number of phenolic OH excluding ortho intramolecular Hbond substituents is 1. The lowest BCUT2D eigenvalue weighted by atomic mass is 9.97. The Morgan fingerprint density at radius 3 is 2.58 bits per heavy atom. The lowest BCUT2D eigenvalue weighted by Gasteiger charge is -2.20. The van der Waals surface area contributed by atoms with E-state index in [1.807, 2.05) is 30.3 Å². The molecule has 0 saturated carbocycles. The van der Waals surface area contributed by atoms with Crippen LogP contribution >= 0.6 is 11.3 Å². The van der Waals surface area contributed by atoms with Crippen LogP contribution in [0.15, 0.2) is 84.5 Å². The zero-order valence-electron chi connectivity index (χ0n) is 16.5. The third kappa shape index (κ3) is 4.84. The zero-order valence-corrected chi connectivity index (χ0v) is 17.3. The quantitative estimate of drug-likeness (QED) is 0.367. The molecule has 2 aromatic heterocycles. The van der Waals surface area contributed by atoms with Crippen LogP contribution in [0.1, 0.15) is 34.1 Å². The highest BCUT2D eigenvalue weighted by atomic mass is 32.1. The minimum absolute atomic E-state index is 0.0649. The summed E-state index contributed by atoms with van der Waals surface area (Å²) in [5.74, 6) is -0.291. The van der Waals surface area contributed by atoms with Gasteiger partial charge in [-0.25, -0.2) is 4.98 Å². The molecule has 3 N–H and O–H groups in total. The van der Waals surface area contributed by atoms with Crippen LogP contribution in [-0.2, 0) is 0 Å². The predicted octanol–water partition coefficient (Wildman–Crippen LogP) is 4.84. The summed E-state index contributed by atoms with van der Waals surface area (Å²) >= 11 is 1.40. The summed E-state index contributed by atoms with van der Waals surface area (Å²) in [7, 11) is 0. The summed E-state index contributed by atoms with van der Waals surface area (Å²) in [6.07, 6.45) is 3.45. The molecule has 31 heavy (non-hydrogen) atoms. The molecule has 154 valence electrons. The molecule has 7 heteroatoms. The number of hydrogen-bond acceptors (Lipinski definition) is 6. The molecular formula is C24H20N4O2S. The van der Waals surface area contributed by atoms with Gasteiger partial charge in [0.25, 0.3) is 5.91 Å². The first kappa shape index (κ1) is 20.4. The number of phenols is 1. The van der Waals surface area contributed by atoms with Gasteiger partial charge in [0.1, 0.15) is 16.5 Å². The Morgan fingerprint density at radius 1 is 1.06 bits per heavy atom. The van der Waals surface area contributed by atoms with E-state index in [1.54, 1.807) is 54.2 Å². The number of aromatic hydroxyl groups is 1. The van der Waals surface area contributed by atoms with Crippen molar-refractivity contribution >= 4 is 23.0 Å². The summed E-state index contributed by atoms with van der Waals surface area (Å²) in [4.78, 5) is 21.5. The van der Waals surface area contributed by atoms with Crippen LogP contribution < -0.4 is 5.32 Å². The van der Waals surface area contributed by atoms with E-state index in [2.05, 4.69) is 15.3 Å². The molecule has 2 aromatic carbocycles. The van der Waals surface area contributed by atoms with Crippen LogP contribution in [0.25, 0.3) is 10.6 Å². The number of carbonyl (C=O) groups excluding carboxylic acids is 1. The smallest absolute Gasteiger partial charge is 0.271 e. The maximum atomic E-state index is 13.0. The molecule has 1 amide bonds. The number of carbonyl (C=O) groups is 1. The van der Waals surface area contributed by atoms with Gasteiger partial charge in [0.2, 0.25) is 0 Å². The number of hydrogen-bond donors (Lipinski definition) is 3. The summed E-state index contributed by atoms with van der Waals surface area (Å²) in [6, 6.07) is 19.5. The van der Waals surface area contributed by atoms with Gasteiger partial charge < -0.3 is 15.8 Å². The van der Waals surface area contributed by atoms with Crippen molar-refractivity contribution in [2.75, 3.05) is 0 Å². The molecule has 2 heterocycles. The van der Waals surface area contributed by atoms with Gasteiger partial charge in [0, 0.05) is 46.6 Å². The molecule has 4 rings (SSSR count). The second-order valence-corrected chi connectivity index (χ2v) is 7.77. The molecular weight excluding hydrogens is 408 g/mol. The average molecular weight is 429 g/mol. The molecule has 0 bridgehead atoms. The summed E-state index contributed by atoms with van der Waals surface area (Å²) in [6.45, 7) is 0.